The molecule has 0 saturated carbocycles. The van der Waals surface area contributed by atoms with E-state index in [4.69, 9.17) is 16.3 Å². The van der Waals surface area contributed by atoms with Crippen LogP contribution in [0.15, 0.2) is 24.3 Å². The summed E-state index contributed by atoms with van der Waals surface area (Å²) in [6.07, 6.45) is 1.33. The highest BCUT2D eigenvalue weighted by Gasteiger charge is 2.33. The zero-order chi connectivity index (χ0) is 19.2. The molecule has 1 aliphatic rings. The van der Waals surface area contributed by atoms with E-state index >= 15 is 0 Å². The molecule has 1 amide bonds. The topological polar surface area (TPSA) is 66.9 Å². The summed E-state index contributed by atoms with van der Waals surface area (Å²) >= 11 is 5.83. The molecule has 1 atom stereocenters. The van der Waals surface area contributed by atoms with Crippen molar-refractivity contribution in [2.24, 2.45) is 0 Å². The second-order valence-corrected chi connectivity index (χ2v) is 9.30. The highest BCUT2D eigenvalue weighted by Crippen LogP contribution is 2.18. The van der Waals surface area contributed by atoms with E-state index in [0.717, 1.165) is 18.7 Å². The third kappa shape index (κ3) is 6.45. The van der Waals surface area contributed by atoms with Crippen molar-refractivity contribution < 1.29 is 17.9 Å². The molecule has 146 valence electrons. The highest BCUT2D eigenvalue weighted by atomic mass is 35.5. The van der Waals surface area contributed by atoms with Crippen molar-refractivity contribution in [3.63, 3.8) is 0 Å². The summed E-state index contributed by atoms with van der Waals surface area (Å²) in [5, 5.41) is 0.672. The van der Waals surface area contributed by atoms with Crippen LogP contribution in [0, 0.1) is 0 Å². The molecular weight excluding hydrogens is 376 g/mol. The van der Waals surface area contributed by atoms with E-state index in [9.17, 15) is 13.2 Å². The fourth-order valence-corrected chi connectivity index (χ4v) is 4.97. The van der Waals surface area contributed by atoms with Crippen molar-refractivity contribution in [2.75, 3.05) is 44.8 Å². The number of carbonyl (C=O) groups excluding carboxylic acids is 1. The van der Waals surface area contributed by atoms with E-state index in [2.05, 4.69) is 0 Å². The predicted octanol–water partition coefficient (Wildman–Crippen LogP) is 2.08. The minimum absolute atomic E-state index is 0.0179. The normalized spacial score (nSPS) is 18.8. The lowest BCUT2D eigenvalue weighted by molar-refractivity contribution is -0.133. The lowest BCUT2D eigenvalue weighted by Gasteiger charge is -2.29. The van der Waals surface area contributed by atoms with Crippen molar-refractivity contribution in [3.8, 4) is 5.75 Å². The zero-order valence-electron chi connectivity index (χ0n) is 15.4. The van der Waals surface area contributed by atoms with Crippen LogP contribution in [0.5, 0.6) is 5.75 Å². The number of benzene rings is 1. The fourth-order valence-electron chi connectivity index (χ4n) is 3.12. The molecule has 0 bridgehead atoms. The quantitative estimate of drug-likeness (QED) is 0.591. The van der Waals surface area contributed by atoms with Crippen molar-refractivity contribution >= 4 is 27.3 Å². The van der Waals surface area contributed by atoms with Crippen LogP contribution < -0.4 is 4.74 Å². The van der Waals surface area contributed by atoms with Gasteiger partial charge < -0.3 is 9.64 Å². The van der Waals surface area contributed by atoms with Crippen LogP contribution >= 0.6 is 11.6 Å². The average Bonchev–Trinajstić information content (AvgIpc) is 2.93. The number of amides is 1. The average molecular weight is 403 g/mol. The molecule has 1 heterocycles. The monoisotopic (exact) mass is 402 g/mol. The molecule has 1 aromatic rings. The van der Waals surface area contributed by atoms with E-state index in [1.807, 2.05) is 31.0 Å². The third-order valence-corrected chi connectivity index (χ3v) is 6.48. The third-order valence-electron chi connectivity index (χ3n) is 4.48. The van der Waals surface area contributed by atoms with Gasteiger partial charge in [-0.2, -0.15) is 0 Å². The van der Waals surface area contributed by atoms with Crippen molar-refractivity contribution in [3.05, 3.63) is 29.3 Å². The second kappa shape index (κ2) is 9.58. The summed E-state index contributed by atoms with van der Waals surface area (Å²) in [6.45, 7) is 3.99. The van der Waals surface area contributed by atoms with Gasteiger partial charge in [0.2, 0.25) is 5.91 Å². The molecule has 0 radical (unpaired) electrons. The Balaban J connectivity index is 1.71. The van der Waals surface area contributed by atoms with Crippen LogP contribution in [0.25, 0.3) is 0 Å². The minimum Gasteiger partial charge on any atom is -0.494 e. The Hall–Kier alpha value is -1.31. The van der Waals surface area contributed by atoms with Crippen molar-refractivity contribution in [1.82, 2.24) is 9.80 Å². The van der Waals surface area contributed by atoms with Gasteiger partial charge in [0.1, 0.15) is 5.75 Å². The molecule has 1 aromatic carbocycles. The van der Waals surface area contributed by atoms with Crippen molar-refractivity contribution in [2.45, 2.75) is 25.8 Å². The number of halogens is 1. The highest BCUT2D eigenvalue weighted by molar-refractivity contribution is 7.91. The molecule has 6 nitrogen and oxygen atoms in total. The van der Waals surface area contributed by atoms with E-state index in [1.165, 1.54) is 0 Å². The van der Waals surface area contributed by atoms with Crippen LogP contribution in [-0.2, 0) is 14.6 Å². The molecule has 0 spiro atoms. The summed E-state index contributed by atoms with van der Waals surface area (Å²) < 4.78 is 28.9. The van der Waals surface area contributed by atoms with Gasteiger partial charge in [0.15, 0.2) is 9.84 Å². The standard InChI is InChI=1S/C18H27ClN2O4S/c1-3-21(16-9-12-26(23,24)14-16)18(22)13-20(2)10-4-11-25-17-7-5-15(19)6-8-17/h5-8,16H,3-4,9-14H2,1-2H3/t16-/m0/s1. The molecular formula is C18H27ClN2O4S. The maximum atomic E-state index is 12.5. The molecule has 0 aliphatic carbocycles. The number of carbonyl (C=O) groups is 1. The SMILES string of the molecule is CCN(C(=O)CN(C)CCCOc1ccc(Cl)cc1)[C@H]1CCS(=O)(=O)C1. The Bertz CT molecular complexity index is 694. The predicted molar refractivity (Wildman–Crippen MR) is 104 cm³/mol. The number of hydrogen-bond acceptors (Lipinski definition) is 5. The van der Waals surface area contributed by atoms with E-state index in [0.29, 0.717) is 24.6 Å². The van der Waals surface area contributed by atoms with Gasteiger partial charge in [-0.3, -0.25) is 9.69 Å². The second-order valence-electron chi connectivity index (χ2n) is 6.63. The number of sulfone groups is 1. The molecule has 1 saturated heterocycles. The largest absolute Gasteiger partial charge is 0.494 e. The number of rotatable bonds is 9. The van der Waals surface area contributed by atoms with Crippen LogP contribution in [0.3, 0.4) is 0 Å². The first-order chi connectivity index (χ1) is 12.3. The molecule has 0 aromatic heterocycles. The van der Waals surface area contributed by atoms with Crippen LogP contribution in [0.4, 0.5) is 0 Å². The van der Waals surface area contributed by atoms with E-state index < -0.39 is 9.84 Å². The van der Waals surface area contributed by atoms with Gasteiger partial charge in [-0.15, -0.1) is 0 Å². The summed E-state index contributed by atoms with van der Waals surface area (Å²) in [7, 11) is -1.10. The van der Waals surface area contributed by atoms with Crippen molar-refractivity contribution in [1.29, 1.82) is 0 Å². The minimum atomic E-state index is -2.99. The first-order valence-corrected chi connectivity index (χ1v) is 11.1. The molecule has 1 aliphatic heterocycles. The smallest absolute Gasteiger partial charge is 0.237 e. The molecule has 2 rings (SSSR count). The van der Waals surface area contributed by atoms with Gasteiger partial charge in [-0.25, -0.2) is 8.42 Å². The van der Waals surface area contributed by atoms with Gasteiger partial charge in [-0.05, 0) is 51.1 Å². The molecule has 0 unspecified atom stereocenters. The number of likely N-dealkylation sites (N-methyl/N-ethyl adjacent to an activating group) is 2. The Morgan fingerprint density at radius 2 is 2.00 bits per heavy atom. The summed E-state index contributed by atoms with van der Waals surface area (Å²) in [5.41, 5.74) is 0. The van der Waals surface area contributed by atoms with Gasteiger partial charge in [0.25, 0.3) is 0 Å². The molecule has 8 heteroatoms. The molecule has 0 N–H and O–H groups in total. The Morgan fingerprint density at radius 1 is 1.31 bits per heavy atom. The Morgan fingerprint density at radius 3 is 2.58 bits per heavy atom. The lowest BCUT2D eigenvalue weighted by Crippen LogP contribution is -2.45. The van der Waals surface area contributed by atoms with Gasteiger partial charge in [0.05, 0.1) is 24.7 Å². The molecule has 26 heavy (non-hydrogen) atoms. The van der Waals surface area contributed by atoms with Crippen LogP contribution in [0.1, 0.15) is 19.8 Å². The zero-order valence-corrected chi connectivity index (χ0v) is 16.9. The van der Waals surface area contributed by atoms with E-state index in [1.54, 1.807) is 17.0 Å². The summed E-state index contributed by atoms with van der Waals surface area (Å²) in [6, 6.07) is 7.03. The number of ether oxygens (including phenoxy) is 1. The van der Waals surface area contributed by atoms with E-state index in [-0.39, 0.29) is 30.0 Å². The summed E-state index contributed by atoms with van der Waals surface area (Å²) in [5.74, 6) is 1.02. The van der Waals surface area contributed by atoms with Gasteiger partial charge in [0, 0.05) is 24.2 Å². The first-order valence-electron chi connectivity index (χ1n) is 8.87. The molecule has 1 fully saturated rings. The van der Waals surface area contributed by atoms with Gasteiger partial charge >= 0.3 is 0 Å². The maximum Gasteiger partial charge on any atom is 0.237 e. The summed E-state index contributed by atoms with van der Waals surface area (Å²) in [4.78, 5) is 16.2. The van der Waals surface area contributed by atoms with Crippen LogP contribution in [-0.4, -0.2) is 75.0 Å². The van der Waals surface area contributed by atoms with Crippen LogP contribution in [0.2, 0.25) is 5.02 Å². The maximum absolute atomic E-state index is 12.5. The Labute approximate surface area is 161 Å². The fraction of sp³-hybridized carbons (Fsp3) is 0.611. The Kier molecular flexibility index (Phi) is 7.73. The lowest BCUT2D eigenvalue weighted by atomic mass is 10.2. The number of nitrogens with zero attached hydrogens (tertiary/aromatic N) is 2. The van der Waals surface area contributed by atoms with Gasteiger partial charge in [-0.1, -0.05) is 11.6 Å². The first kappa shape index (κ1) is 21.0. The number of hydrogen-bond donors (Lipinski definition) is 0.